The summed E-state index contributed by atoms with van der Waals surface area (Å²) < 4.78 is 0. The van der Waals surface area contributed by atoms with Gasteiger partial charge in [0.25, 0.3) is 0 Å². The average Bonchev–Trinajstić information content (AvgIpc) is 2.73. The summed E-state index contributed by atoms with van der Waals surface area (Å²) in [4.78, 5) is 25.5. The van der Waals surface area contributed by atoms with Gasteiger partial charge in [0.2, 0.25) is 0 Å². The number of aromatic amines is 1. The van der Waals surface area contributed by atoms with Crippen LogP contribution in [0.4, 0.5) is 0 Å². The Kier molecular flexibility index (Phi) is 2.86. The van der Waals surface area contributed by atoms with Gasteiger partial charge < -0.3 is 10.1 Å². The molecular formula is C9H8N4O2S. The maximum Gasteiger partial charge on any atom is 0.331 e. The second-order valence-electron chi connectivity index (χ2n) is 2.98. The molecule has 0 aliphatic rings. The van der Waals surface area contributed by atoms with Gasteiger partial charge in [0.05, 0.1) is 6.33 Å². The molecular weight excluding hydrogens is 228 g/mol. The van der Waals surface area contributed by atoms with Crippen molar-refractivity contribution in [1.29, 1.82) is 0 Å². The molecule has 2 heterocycles. The molecule has 0 aromatic carbocycles. The Labute approximate surface area is 94.8 Å². The van der Waals surface area contributed by atoms with Crippen LogP contribution in [0.3, 0.4) is 0 Å². The van der Waals surface area contributed by atoms with Crippen LogP contribution >= 0.6 is 11.8 Å². The number of thioether (sulfide) groups is 1. The van der Waals surface area contributed by atoms with Gasteiger partial charge in [0.15, 0.2) is 5.65 Å². The molecule has 0 radical (unpaired) electrons. The van der Waals surface area contributed by atoms with Crippen molar-refractivity contribution in [1.82, 2.24) is 19.9 Å². The molecule has 0 bridgehead atoms. The number of fused-ring (bicyclic) bond motifs is 1. The number of carboxylic acid groups (broad SMARTS) is 1. The fraction of sp³-hybridized carbons (Fsp3) is 0.111. The Morgan fingerprint density at radius 1 is 1.50 bits per heavy atom. The molecule has 7 heteroatoms. The molecule has 16 heavy (non-hydrogen) atoms. The van der Waals surface area contributed by atoms with Crippen LogP contribution in [-0.2, 0) is 4.79 Å². The Bertz CT molecular complexity index is 551. The summed E-state index contributed by atoms with van der Waals surface area (Å²) >= 11 is 1.29. The van der Waals surface area contributed by atoms with Gasteiger partial charge in [-0.15, -0.1) is 0 Å². The molecule has 2 N–H and O–H groups in total. The summed E-state index contributed by atoms with van der Waals surface area (Å²) in [7, 11) is 0. The molecule has 0 spiro atoms. The van der Waals surface area contributed by atoms with Gasteiger partial charge in [0, 0.05) is 11.3 Å². The topological polar surface area (TPSA) is 91.8 Å². The fourth-order valence-corrected chi connectivity index (χ4v) is 1.92. The zero-order chi connectivity index (χ0) is 11.5. The van der Waals surface area contributed by atoms with E-state index in [-0.39, 0.29) is 11.3 Å². The Morgan fingerprint density at radius 3 is 3.06 bits per heavy atom. The van der Waals surface area contributed by atoms with Crippen LogP contribution in [-0.4, -0.2) is 36.8 Å². The first kappa shape index (κ1) is 10.6. The van der Waals surface area contributed by atoms with Crippen molar-refractivity contribution in [2.24, 2.45) is 0 Å². The SMILES string of the molecule is C=C(CSc1ncnc2nc[nH]c12)C(=O)O. The lowest BCUT2D eigenvalue weighted by atomic mass is 10.4. The van der Waals surface area contributed by atoms with Crippen molar-refractivity contribution >= 4 is 28.9 Å². The van der Waals surface area contributed by atoms with Gasteiger partial charge in [-0.1, -0.05) is 18.3 Å². The van der Waals surface area contributed by atoms with Crippen LogP contribution in [0.25, 0.3) is 11.2 Å². The summed E-state index contributed by atoms with van der Waals surface area (Å²) in [5, 5.41) is 9.34. The van der Waals surface area contributed by atoms with Crippen molar-refractivity contribution in [3.63, 3.8) is 0 Å². The molecule has 2 aromatic heterocycles. The number of imidazole rings is 1. The third-order valence-corrected chi connectivity index (χ3v) is 2.95. The molecule has 0 fully saturated rings. The lowest BCUT2D eigenvalue weighted by molar-refractivity contribution is -0.132. The molecule has 0 unspecified atom stereocenters. The quantitative estimate of drug-likeness (QED) is 0.469. The first-order valence-corrected chi connectivity index (χ1v) is 5.35. The molecule has 0 aliphatic carbocycles. The molecule has 6 nitrogen and oxygen atoms in total. The summed E-state index contributed by atoms with van der Waals surface area (Å²) in [6, 6.07) is 0. The van der Waals surface area contributed by atoms with Crippen molar-refractivity contribution < 1.29 is 9.90 Å². The smallest absolute Gasteiger partial charge is 0.331 e. The third kappa shape index (κ3) is 2.03. The minimum Gasteiger partial charge on any atom is -0.478 e. The molecule has 0 amide bonds. The molecule has 0 aliphatic heterocycles. The van der Waals surface area contributed by atoms with E-state index < -0.39 is 5.97 Å². The minimum absolute atomic E-state index is 0.135. The molecule has 82 valence electrons. The van der Waals surface area contributed by atoms with Gasteiger partial charge in [-0.3, -0.25) is 0 Å². The van der Waals surface area contributed by atoms with Crippen LogP contribution in [0, 0.1) is 0 Å². The van der Waals surface area contributed by atoms with E-state index >= 15 is 0 Å². The number of aliphatic carboxylic acids is 1. The van der Waals surface area contributed by atoms with Gasteiger partial charge in [-0.2, -0.15) is 0 Å². The van der Waals surface area contributed by atoms with E-state index in [4.69, 9.17) is 5.11 Å². The number of hydrogen-bond acceptors (Lipinski definition) is 5. The van der Waals surface area contributed by atoms with Crippen molar-refractivity contribution in [2.75, 3.05) is 5.75 Å². The summed E-state index contributed by atoms with van der Waals surface area (Å²) in [6.45, 7) is 3.45. The van der Waals surface area contributed by atoms with Crippen LogP contribution in [0.15, 0.2) is 29.8 Å². The number of hydrogen-bond donors (Lipinski definition) is 2. The maximum absolute atomic E-state index is 10.6. The summed E-state index contributed by atoms with van der Waals surface area (Å²) in [6.07, 6.45) is 2.92. The highest BCUT2D eigenvalue weighted by Crippen LogP contribution is 2.23. The van der Waals surface area contributed by atoms with Crippen LogP contribution < -0.4 is 0 Å². The lowest BCUT2D eigenvalue weighted by Crippen LogP contribution is -2.01. The monoisotopic (exact) mass is 236 g/mol. The second kappa shape index (κ2) is 4.31. The summed E-state index contributed by atoms with van der Waals surface area (Å²) in [5.41, 5.74) is 1.42. The van der Waals surface area contributed by atoms with E-state index in [0.717, 1.165) is 0 Å². The van der Waals surface area contributed by atoms with E-state index in [0.29, 0.717) is 16.2 Å². The Balaban J connectivity index is 2.18. The van der Waals surface area contributed by atoms with Crippen LogP contribution in [0.1, 0.15) is 0 Å². The largest absolute Gasteiger partial charge is 0.478 e. The predicted octanol–water partition coefficient (Wildman–Crippen LogP) is 1.09. The minimum atomic E-state index is -0.998. The van der Waals surface area contributed by atoms with Gasteiger partial charge in [0.1, 0.15) is 16.9 Å². The zero-order valence-corrected chi connectivity index (χ0v) is 8.99. The van der Waals surface area contributed by atoms with E-state index in [9.17, 15) is 4.79 Å². The zero-order valence-electron chi connectivity index (χ0n) is 8.17. The van der Waals surface area contributed by atoms with E-state index in [1.807, 2.05) is 0 Å². The van der Waals surface area contributed by atoms with Crippen molar-refractivity contribution in [3.05, 3.63) is 24.8 Å². The standard InChI is InChI=1S/C9H8N4O2S/c1-5(9(14)15)2-16-8-6-7(11-3-10-6)12-4-13-8/h3-4H,1-2H2,(H,14,15)(H,10,11,12,13). The third-order valence-electron chi connectivity index (χ3n) is 1.87. The average molecular weight is 236 g/mol. The lowest BCUT2D eigenvalue weighted by Gasteiger charge is -2.00. The number of nitrogens with one attached hydrogen (secondary N) is 1. The Hall–Kier alpha value is -1.89. The molecule has 0 atom stereocenters. The number of nitrogens with zero attached hydrogens (tertiary/aromatic N) is 3. The van der Waals surface area contributed by atoms with Gasteiger partial charge in [-0.25, -0.2) is 19.7 Å². The fourth-order valence-electron chi connectivity index (χ4n) is 1.07. The first-order valence-electron chi connectivity index (χ1n) is 4.36. The van der Waals surface area contributed by atoms with E-state index in [2.05, 4.69) is 26.5 Å². The maximum atomic E-state index is 10.6. The number of carbonyl (C=O) groups is 1. The van der Waals surface area contributed by atoms with Gasteiger partial charge >= 0.3 is 5.97 Å². The van der Waals surface area contributed by atoms with E-state index in [1.54, 1.807) is 0 Å². The Morgan fingerprint density at radius 2 is 2.31 bits per heavy atom. The number of rotatable bonds is 4. The molecule has 0 saturated carbocycles. The highest BCUT2D eigenvalue weighted by Gasteiger charge is 2.09. The molecule has 0 saturated heterocycles. The highest BCUT2D eigenvalue weighted by molar-refractivity contribution is 7.99. The highest BCUT2D eigenvalue weighted by atomic mass is 32.2. The van der Waals surface area contributed by atoms with Crippen LogP contribution in [0.2, 0.25) is 0 Å². The van der Waals surface area contributed by atoms with Gasteiger partial charge in [-0.05, 0) is 0 Å². The van der Waals surface area contributed by atoms with Crippen molar-refractivity contribution in [2.45, 2.75) is 5.03 Å². The van der Waals surface area contributed by atoms with Crippen molar-refractivity contribution in [3.8, 4) is 0 Å². The summed E-state index contributed by atoms with van der Waals surface area (Å²) in [5.74, 6) is -0.720. The molecule has 2 aromatic rings. The number of H-pyrrole nitrogens is 1. The second-order valence-corrected chi connectivity index (χ2v) is 3.94. The number of carboxylic acids is 1. The van der Waals surface area contributed by atoms with Crippen LogP contribution in [0.5, 0.6) is 0 Å². The molecule has 2 rings (SSSR count). The van der Waals surface area contributed by atoms with E-state index in [1.165, 1.54) is 24.4 Å². The predicted molar refractivity (Wildman–Crippen MR) is 59.2 cm³/mol. The first-order chi connectivity index (χ1) is 7.68. The number of aromatic nitrogens is 4. The normalized spacial score (nSPS) is 10.5.